The number of aliphatic hydroxyl groups is 1. The van der Waals surface area contributed by atoms with Crippen molar-refractivity contribution in [3.05, 3.63) is 43.2 Å². The molecule has 0 saturated heterocycles. The van der Waals surface area contributed by atoms with Crippen molar-refractivity contribution in [3.8, 4) is 5.75 Å². The molecule has 0 radical (unpaired) electrons. The molecule has 1 aromatic rings. The second-order valence-electron chi connectivity index (χ2n) is 1.52. The van der Waals surface area contributed by atoms with Crippen molar-refractivity contribution in [1.29, 1.82) is 0 Å². The van der Waals surface area contributed by atoms with Crippen LogP contribution in [0.2, 0.25) is 0 Å². The Morgan fingerprint density at radius 2 is 1.60 bits per heavy atom. The number of para-hydroxylation sites is 1. The smallest absolute Gasteiger partial charge is 0.115 e. The Morgan fingerprint density at radius 1 is 1.20 bits per heavy atom. The van der Waals surface area contributed by atoms with E-state index in [4.69, 9.17) is 10.2 Å². The topological polar surface area (TPSA) is 40.5 Å². The van der Waals surface area contributed by atoms with Gasteiger partial charge in [0.05, 0.1) is 6.26 Å². The minimum Gasteiger partial charge on any atom is -0.516 e. The van der Waals surface area contributed by atoms with Gasteiger partial charge in [-0.2, -0.15) is 0 Å². The van der Waals surface area contributed by atoms with Gasteiger partial charge in [0.25, 0.3) is 0 Å². The van der Waals surface area contributed by atoms with Gasteiger partial charge < -0.3 is 10.2 Å². The highest BCUT2D eigenvalue weighted by atomic mass is 16.3. The Labute approximate surface area is 60.1 Å². The third kappa shape index (κ3) is 4.71. The number of benzene rings is 1. The van der Waals surface area contributed by atoms with Crippen LogP contribution in [-0.4, -0.2) is 10.2 Å². The summed E-state index contributed by atoms with van der Waals surface area (Å²) in [6, 6.07) is 8.71. The summed E-state index contributed by atoms with van der Waals surface area (Å²) in [5.41, 5.74) is 0. The summed E-state index contributed by atoms with van der Waals surface area (Å²) in [5, 5.41) is 16.0. The van der Waals surface area contributed by atoms with Gasteiger partial charge >= 0.3 is 0 Å². The average molecular weight is 138 g/mol. The van der Waals surface area contributed by atoms with Crippen molar-refractivity contribution in [2.75, 3.05) is 0 Å². The van der Waals surface area contributed by atoms with Gasteiger partial charge in [0.1, 0.15) is 5.75 Å². The number of rotatable bonds is 0. The van der Waals surface area contributed by atoms with E-state index >= 15 is 0 Å². The molecule has 0 fully saturated rings. The molecule has 1 rings (SSSR count). The Balaban J connectivity index is 0.000000236. The van der Waals surface area contributed by atoms with Crippen molar-refractivity contribution in [2.24, 2.45) is 0 Å². The average Bonchev–Trinajstić information content (AvgIpc) is 1.91. The Kier molecular flexibility index (Phi) is 4.87. The summed E-state index contributed by atoms with van der Waals surface area (Å²) in [7, 11) is 0. The fourth-order valence-electron chi connectivity index (χ4n) is 0.428. The Hall–Kier alpha value is -1.44. The first-order valence-corrected chi connectivity index (χ1v) is 2.80. The molecule has 0 atom stereocenters. The number of aliphatic hydroxyl groups excluding tert-OH is 1. The van der Waals surface area contributed by atoms with Crippen LogP contribution in [0.4, 0.5) is 0 Å². The van der Waals surface area contributed by atoms with Crippen molar-refractivity contribution in [2.45, 2.75) is 0 Å². The van der Waals surface area contributed by atoms with Crippen LogP contribution in [0.5, 0.6) is 5.75 Å². The minimum atomic E-state index is 0.322. The molecule has 10 heavy (non-hydrogen) atoms. The van der Waals surface area contributed by atoms with Gasteiger partial charge in [0.2, 0.25) is 0 Å². The number of phenols is 1. The maximum Gasteiger partial charge on any atom is 0.115 e. The second kappa shape index (κ2) is 5.69. The molecular formula is C8H10O2. The molecule has 0 aliphatic carbocycles. The predicted molar refractivity (Wildman–Crippen MR) is 40.9 cm³/mol. The first-order valence-electron chi connectivity index (χ1n) is 2.80. The number of phenolic OH excluding ortho intramolecular Hbond substituents is 1. The van der Waals surface area contributed by atoms with Crippen LogP contribution < -0.4 is 0 Å². The molecule has 0 aliphatic rings. The lowest BCUT2D eigenvalue weighted by atomic mass is 10.3. The van der Waals surface area contributed by atoms with E-state index in [0.717, 1.165) is 6.26 Å². The van der Waals surface area contributed by atoms with Gasteiger partial charge in [-0.3, -0.25) is 0 Å². The molecule has 54 valence electrons. The quantitative estimate of drug-likeness (QED) is 0.539. The summed E-state index contributed by atoms with van der Waals surface area (Å²) < 4.78 is 0. The summed E-state index contributed by atoms with van der Waals surface area (Å²) in [6.45, 7) is 2.92. The molecule has 1 aromatic carbocycles. The molecule has 0 aliphatic heterocycles. The molecule has 2 heteroatoms. The maximum atomic E-state index is 8.63. The van der Waals surface area contributed by atoms with Gasteiger partial charge in [0.15, 0.2) is 0 Å². The van der Waals surface area contributed by atoms with Crippen LogP contribution in [0.3, 0.4) is 0 Å². The summed E-state index contributed by atoms with van der Waals surface area (Å²) >= 11 is 0. The maximum absolute atomic E-state index is 8.63. The molecule has 0 aromatic heterocycles. The lowest BCUT2D eigenvalue weighted by Gasteiger charge is -1.82. The summed E-state index contributed by atoms with van der Waals surface area (Å²) in [6.07, 6.45) is 0.750. The lowest BCUT2D eigenvalue weighted by Crippen LogP contribution is -1.56. The molecule has 2 N–H and O–H groups in total. The van der Waals surface area contributed by atoms with Crippen LogP contribution in [0.25, 0.3) is 0 Å². The van der Waals surface area contributed by atoms with Crippen molar-refractivity contribution < 1.29 is 10.2 Å². The zero-order valence-corrected chi connectivity index (χ0v) is 5.57. The van der Waals surface area contributed by atoms with Crippen LogP contribution >= 0.6 is 0 Å². The largest absolute Gasteiger partial charge is 0.516 e. The van der Waals surface area contributed by atoms with E-state index in [-0.39, 0.29) is 0 Å². The van der Waals surface area contributed by atoms with E-state index in [1.54, 1.807) is 24.3 Å². The normalized spacial score (nSPS) is 7.20. The summed E-state index contributed by atoms with van der Waals surface area (Å²) in [5.74, 6) is 0.322. The molecule has 0 amide bonds. The fraction of sp³-hybridized carbons (Fsp3) is 0. The van der Waals surface area contributed by atoms with E-state index in [9.17, 15) is 0 Å². The number of hydrogen-bond donors (Lipinski definition) is 2. The van der Waals surface area contributed by atoms with E-state index in [1.807, 2.05) is 6.07 Å². The molecule has 2 nitrogen and oxygen atoms in total. The van der Waals surface area contributed by atoms with Crippen LogP contribution in [-0.2, 0) is 0 Å². The van der Waals surface area contributed by atoms with E-state index in [2.05, 4.69) is 6.58 Å². The first-order chi connectivity index (χ1) is 4.81. The molecule has 0 heterocycles. The SMILES string of the molecule is C=CO.Oc1ccccc1. The highest BCUT2D eigenvalue weighted by Crippen LogP contribution is 2.02. The molecule has 0 unspecified atom stereocenters. The number of aromatic hydroxyl groups is 1. The monoisotopic (exact) mass is 138 g/mol. The van der Waals surface area contributed by atoms with Gasteiger partial charge in [-0.15, -0.1) is 0 Å². The zero-order valence-electron chi connectivity index (χ0n) is 5.57. The van der Waals surface area contributed by atoms with Crippen molar-refractivity contribution in [3.63, 3.8) is 0 Å². The van der Waals surface area contributed by atoms with Gasteiger partial charge in [-0.25, -0.2) is 0 Å². The van der Waals surface area contributed by atoms with Gasteiger partial charge in [0, 0.05) is 0 Å². The van der Waals surface area contributed by atoms with Crippen LogP contribution in [0, 0.1) is 0 Å². The molecule has 0 bridgehead atoms. The molecule has 0 saturated carbocycles. The molecule has 0 spiro atoms. The van der Waals surface area contributed by atoms with E-state index in [0.29, 0.717) is 5.75 Å². The second-order valence-corrected chi connectivity index (χ2v) is 1.52. The Bertz CT molecular complexity index is 170. The van der Waals surface area contributed by atoms with Crippen molar-refractivity contribution in [1.82, 2.24) is 0 Å². The van der Waals surface area contributed by atoms with E-state index < -0.39 is 0 Å². The van der Waals surface area contributed by atoms with Gasteiger partial charge in [-0.05, 0) is 12.1 Å². The predicted octanol–water partition coefficient (Wildman–Crippen LogP) is 2.08. The Morgan fingerprint density at radius 3 is 1.80 bits per heavy atom. The van der Waals surface area contributed by atoms with Gasteiger partial charge in [-0.1, -0.05) is 24.8 Å². The van der Waals surface area contributed by atoms with E-state index in [1.165, 1.54) is 0 Å². The fourth-order valence-corrected chi connectivity index (χ4v) is 0.428. The highest BCUT2D eigenvalue weighted by Gasteiger charge is 1.74. The molecular weight excluding hydrogens is 128 g/mol. The minimum absolute atomic E-state index is 0.322. The van der Waals surface area contributed by atoms with Crippen LogP contribution in [0.1, 0.15) is 0 Å². The first kappa shape index (κ1) is 8.56. The highest BCUT2D eigenvalue weighted by molar-refractivity contribution is 5.18. The third-order valence-electron chi connectivity index (χ3n) is 0.756. The lowest BCUT2D eigenvalue weighted by molar-refractivity contribution is 0.475. The number of hydrogen-bond acceptors (Lipinski definition) is 2. The summed E-state index contributed by atoms with van der Waals surface area (Å²) in [4.78, 5) is 0. The van der Waals surface area contributed by atoms with Crippen LogP contribution in [0.15, 0.2) is 43.2 Å². The standard InChI is InChI=1S/C6H6O.C2H4O/c7-6-4-2-1-3-5-6;1-2-3/h1-5,7H;2-3H,1H2. The zero-order chi connectivity index (χ0) is 7.82. The van der Waals surface area contributed by atoms with Crippen molar-refractivity contribution >= 4 is 0 Å². The third-order valence-corrected chi connectivity index (χ3v) is 0.756.